The molecule has 0 amide bonds. The Kier molecular flexibility index (Phi) is 5.37. The van der Waals surface area contributed by atoms with Crippen molar-refractivity contribution in [1.82, 2.24) is 9.97 Å². The van der Waals surface area contributed by atoms with E-state index >= 15 is 0 Å². The fourth-order valence-corrected chi connectivity index (χ4v) is 1.91. The number of unbranched alkanes of at least 4 members (excludes halogenated alkanes) is 1. The van der Waals surface area contributed by atoms with Gasteiger partial charge in [0.1, 0.15) is 11.6 Å². The molecular formula is C16H22N4O. The molecular weight excluding hydrogens is 264 g/mol. The van der Waals surface area contributed by atoms with Crippen LogP contribution in [0.5, 0.6) is 5.75 Å². The van der Waals surface area contributed by atoms with E-state index in [2.05, 4.69) is 27.5 Å². The lowest BCUT2D eigenvalue weighted by atomic mass is 10.3. The third-order valence-electron chi connectivity index (χ3n) is 3.04. The summed E-state index contributed by atoms with van der Waals surface area (Å²) in [5.74, 6) is 2.28. The van der Waals surface area contributed by atoms with E-state index in [1.54, 1.807) is 7.11 Å². The first kappa shape index (κ1) is 15.1. The molecule has 0 saturated carbocycles. The molecule has 2 rings (SSSR count). The number of rotatable bonds is 7. The molecule has 0 atom stereocenters. The van der Waals surface area contributed by atoms with Gasteiger partial charge in [-0.3, -0.25) is 0 Å². The minimum atomic E-state index is 0.596. The number of anilines is 3. The van der Waals surface area contributed by atoms with Crippen LogP contribution in [0, 0.1) is 6.92 Å². The van der Waals surface area contributed by atoms with Gasteiger partial charge in [0.05, 0.1) is 7.11 Å². The first-order chi connectivity index (χ1) is 10.2. The van der Waals surface area contributed by atoms with Gasteiger partial charge in [-0.25, -0.2) is 4.98 Å². The van der Waals surface area contributed by atoms with E-state index in [0.29, 0.717) is 5.95 Å². The summed E-state index contributed by atoms with van der Waals surface area (Å²) >= 11 is 0. The minimum Gasteiger partial charge on any atom is -0.497 e. The van der Waals surface area contributed by atoms with Crippen molar-refractivity contribution in [2.24, 2.45) is 0 Å². The number of aryl methyl sites for hydroxylation is 1. The van der Waals surface area contributed by atoms with E-state index in [-0.39, 0.29) is 0 Å². The fraction of sp³-hybridized carbons (Fsp3) is 0.375. The van der Waals surface area contributed by atoms with Crippen molar-refractivity contribution in [1.29, 1.82) is 0 Å². The number of hydrogen-bond donors (Lipinski definition) is 2. The van der Waals surface area contributed by atoms with Gasteiger partial charge in [0.15, 0.2) is 0 Å². The zero-order valence-electron chi connectivity index (χ0n) is 12.8. The van der Waals surface area contributed by atoms with Crippen molar-refractivity contribution < 1.29 is 4.74 Å². The van der Waals surface area contributed by atoms with Crippen LogP contribution in [0.1, 0.15) is 25.5 Å². The lowest BCUT2D eigenvalue weighted by Crippen LogP contribution is -2.06. The SMILES string of the molecule is CCCCNc1cc(C)nc(Nc2ccc(OC)cc2)n1. The molecule has 0 radical (unpaired) electrons. The van der Waals surface area contributed by atoms with Gasteiger partial charge < -0.3 is 15.4 Å². The van der Waals surface area contributed by atoms with Crippen molar-refractivity contribution in [2.75, 3.05) is 24.3 Å². The summed E-state index contributed by atoms with van der Waals surface area (Å²) in [5.41, 5.74) is 1.86. The Morgan fingerprint density at radius 1 is 1.14 bits per heavy atom. The largest absolute Gasteiger partial charge is 0.497 e. The molecule has 0 aliphatic carbocycles. The summed E-state index contributed by atoms with van der Waals surface area (Å²) in [7, 11) is 1.65. The molecule has 0 spiro atoms. The standard InChI is InChI=1S/C16H22N4O/c1-4-5-10-17-15-11-12(2)18-16(20-15)19-13-6-8-14(21-3)9-7-13/h6-9,11H,4-5,10H2,1-3H3,(H2,17,18,19,20). The molecule has 21 heavy (non-hydrogen) atoms. The maximum absolute atomic E-state index is 5.14. The second-order valence-electron chi connectivity index (χ2n) is 4.85. The van der Waals surface area contributed by atoms with Crippen LogP contribution in [0.2, 0.25) is 0 Å². The summed E-state index contributed by atoms with van der Waals surface area (Å²) in [6.07, 6.45) is 2.29. The highest BCUT2D eigenvalue weighted by molar-refractivity contribution is 5.56. The molecule has 5 nitrogen and oxygen atoms in total. The highest BCUT2D eigenvalue weighted by atomic mass is 16.5. The summed E-state index contributed by atoms with van der Waals surface area (Å²) in [5, 5.41) is 6.53. The number of methoxy groups -OCH3 is 1. The third-order valence-corrected chi connectivity index (χ3v) is 3.04. The second kappa shape index (κ2) is 7.47. The van der Waals surface area contributed by atoms with E-state index in [0.717, 1.165) is 42.3 Å². The average Bonchev–Trinajstić information content (AvgIpc) is 2.48. The van der Waals surface area contributed by atoms with Gasteiger partial charge in [0, 0.05) is 24.0 Å². The Hall–Kier alpha value is -2.30. The smallest absolute Gasteiger partial charge is 0.229 e. The summed E-state index contributed by atoms with van der Waals surface area (Å²) in [6.45, 7) is 5.06. The van der Waals surface area contributed by atoms with Crippen LogP contribution in [0.15, 0.2) is 30.3 Å². The predicted molar refractivity (Wildman–Crippen MR) is 86.4 cm³/mol. The third kappa shape index (κ3) is 4.63. The molecule has 1 aromatic carbocycles. The predicted octanol–water partition coefficient (Wildman–Crippen LogP) is 3.75. The van der Waals surface area contributed by atoms with Crippen molar-refractivity contribution in [2.45, 2.75) is 26.7 Å². The lowest BCUT2D eigenvalue weighted by molar-refractivity contribution is 0.415. The molecule has 0 aliphatic rings. The monoisotopic (exact) mass is 286 g/mol. The maximum atomic E-state index is 5.14. The highest BCUT2D eigenvalue weighted by Crippen LogP contribution is 2.19. The van der Waals surface area contributed by atoms with Gasteiger partial charge >= 0.3 is 0 Å². The van der Waals surface area contributed by atoms with Gasteiger partial charge in [-0.2, -0.15) is 4.98 Å². The molecule has 5 heteroatoms. The summed E-state index contributed by atoms with van der Waals surface area (Å²) in [6, 6.07) is 9.63. The zero-order valence-corrected chi connectivity index (χ0v) is 12.8. The number of hydrogen-bond acceptors (Lipinski definition) is 5. The average molecular weight is 286 g/mol. The van der Waals surface area contributed by atoms with Crippen molar-refractivity contribution >= 4 is 17.5 Å². The second-order valence-corrected chi connectivity index (χ2v) is 4.85. The van der Waals surface area contributed by atoms with E-state index in [9.17, 15) is 0 Å². The molecule has 2 N–H and O–H groups in total. The van der Waals surface area contributed by atoms with Crippen LogP contribution >= 0.6 is 0 Å². The topological polar surface area (TPSA) is 59.1 Å². The van der Waals surface area contributed by atoms with Crippen LogP contribution < -0.4 is 15.4 Å². The van der Waals surface area contributed by atoms with Crippen molar-refractivity contribution in [3.05, 3.63) is 36.0 Å². The number of aromatic nitrogens is 2. The van der Waals surface area contributed by atoms with Crippen molar-refractivity contribution in [3.63, 3.8) is 0 Å². The molecule has 0 unspecified atom stereocenters. The Morgan fingerprint density at radius 2 is 1.90 bits per heavy atom. The summed E-state index contributed by atoms with van der Waals surface area (Å²) < 4.78 is 5.14. The van der Waals surface area contributed by atoms with Crippen LogP contribution in [0.3, 0.4) is 0 Å². The molecule has 0 bridgehead atoms. The highest BCUT2D eigenvalue weighted by Gasteiger charge is 2.03. The molecule has 1 aromatic heterocycles. The zero-order chi connectivity index (χ0) is 15.1. The molecule has 0 fully saturated rings. The lowest BCUT2D eigenvalue weighted by Gasteiger charge is -2.10. The van der Waals surface area contributed by atoms with E-state index in [1.807, 2.05) is 37.3 Å². The Morgan fingerprint density at radius 3 is 2.57 bits per heavy atom. The maximum Gasteiger partial charge on any atom is 0.229 e. The number of benzene rings is 1. The van der Waals surface area contributed by atoms with Crippen LogP contribution in [0.4, 0.5) is 17.5 Å². The first-order valence-corrected chi connectivity index (χ1v) is 7.22. The van der Waals surface area contributed by atoms with Gasteiger partial charge in [-0.05, 0) is 37.6 Å². The van der Waals surface area contributed by atoms with Crippen LogP contribution in [-0.4, -0.2) is 23.6 Å². The van der Waals surface area contributed by atoms with Crippen LogP contribution in [-0.2, 0) is 0 Å². The Bertz CT molecular complexity index is 569. The molecule has 0 saturated heterocycles. The van der Waals surface area contributed by atoms with E-state index in [4.69, 9.17) is 4.74 Å². The van der Waals surface area contributed by atoms with Gasteiger partial charge in [-0.1, -0.05) is 13.3 Å². The van der Waals surface area contributed by atoms with Gasteiger partial charge in [0.2, 0.25) is 5.95 Å². The van der Waals surface area contributed by atoms with E-state index < -0.39 is 0 Å². The molecule has 1 heterocycles. The molecule has 0 aliphatic heterocycles. The summed E-state index contributed by atoms with van der Waals surface area (Å²) in [4.78, 5) is 8.89. The number of nitrogens with one attached hydrogen (secondary N) is 2. The molecule has 112 valence electrons. The van der Waals surface area contributed by atoms with Gasteiger partial charge in [0.25, 0.3) is 0 Å². The van der Waals surface area contributed by atoms with E-state index in [1.165, 1.54) is 0 Å². The Labute approximate surface area is 125 Å². The van der Waals surface area contributed by atoms with Gasteiger partial charge in [-0.15, -0.1) is 0 Å². The molecule has 2 aromatic rings. The number of ether oxygens (including phenoxy) is 1. The fourth-order valence-electron chi connectivity index (χ4n) is 1.91. The minimum absolute atomic E-state index is 0.596. The van der Waals surface area contributed by atoms with Crippen LogP contribution in [0.25, 0.3) is 0 Å². The van der Waals surface area contributed by atoms with Crippen molar-refractivity contribution in [3.8, 4) is 5.75 Å². The normalized spacial score (nSPS) is 10.2. The number of nitrogens with zero attached hydrogens (tertiary/aromatic N) is 2. The quantitative estimate of drug-likeness (QED) is 0.759. The Balaban J connectivity index is 2.07. The first-order valence-electron chi connectivity index (χ1n) is 7.22.